The van der Waals surface area contributed by atoms with E-state index in [2.05, 4.69) is 24.3 Å². The Morgan fingerprint density at radius 2 is 1.83 bits per heavy atom. The van der Waals surface area contributed by atoms with Gasteiger partial charge in [-0.1, -0.05) is 56.3 Å². The number of rotatable bonds is 6. The molecule has 7 nitrogen and oxygen atoms in total. The molecule has 3 heterocycles. The monoisotopic (exact) mass is 468 g/mol. The molecule has 7 heteroatoms. The number of fused-ring (bicyclic) bond motifs is 1. The van der Waals surface area contributed by atoms with Gasteiger partial charge in [0.25, 0.3) is 5.91 Å². The van der Waals surface area contributed by atoms with Crippen LogP contribution in [0.4, 0.5) is 5.69 Å². The molecule has 2 amide bonds. The third-order valence-electron chi connectivity index (χ3n) is 6.53. The third-order valence-corrected chi connectivity index (χ3v) is 6.53. The highest BCUT2D eigenvalue weighted by molar-refractivity contribution is 6.12. The quantitative estimate of drug-likeness (QED) is 0.432. The van der Waals surface area contributed by atoms with Crippen LogP contribution in [0.25, 0.3) is 11.5 Å². The fourth-order valence-electron chi connectivity index (χ4n) is 4.51. The fraction of sp³-hybridized carbons (Fsp3) is 0.250. The van der Waals surface area contributed by atoms with Crippen molar-refractivity contribution in [3.8, 4) is 11.5 Å². The maximum Gasteiger partial charge on any atom is 0.277 e. The molecular formula is C28H28N4O3. The zero-order valence-electron chi connectivity index (χ0n) is 20.1. The predicted octanol–water partition coefficient (Wildman–Crippen LogP) is 5.00. The van der Waals surface area contributed by atoms with Crippen LogP contribution < -0.4 is 10.2 Å². The number of nitrogens with zero attached hydrogens (tertiary/aromatic N) is 3. The maximum absolute atomic E-state index is 13.9. The van der Waals surface area contributed by atoms with Gasteiger partial charge in [0, 0.05) is 18.3 Å². The van der Waals surface area contributed by atoms with Crippen LogP contribution in [0, 0.1) is 0 Å². The van der Waals surface area contributed by atoms with E-state index in [0.717, 1.165) is 5.56 Å². The third kappa shape index (κ3) is 4.14. The number of aromatic nitrogens is 2. The van der Waals surface area contributed by atoms with Crippen LogP contribution in [-0.2, 0) is 17.9 Å². The van der Waals surface area contributed by atoms with E-state index >= 15 is 0 Å². The molecule has 0 saturated heterocycles. The van der Waals surface area contributed by atoms with Crippen molar-refractivity contribution < 1.29 is 14.0 Å². The Bertz CT molecular complexity index is 1340. The summed E-state index contributed by atoms with van der Waals surface area (Å²) >= 11 is 0. The zero-order valence-corrected chi connectivity index (χ0v) is 20.1. The number of anilines is 1. The first-order valence-electron chi connectivity index (χ1n) is 11.8. The van der Waals surface area contributed by atoms with Crippen LogP contribution in [0.5, 0.6) is 0 Å². The minimum atomic E-state index is -1.19. The number of benzene rings is 2. The van der Waals surface area contributed by atoms with Crippen molar-refractivity contribution in [2.45, 2.75) is 45.3 Å². The van der Waals surface area contributed by atoms with Gasteiger partial charge in [0.15, 0.2) is 5.76 Å². The van der Waals surface area contributed by atoms with Gasteiger partial charge in [-0.2, -0.15) is 5.10 Å². The lowest BCUT2D eigenvalue weighted by Crippen LogP contribution is -2.64. The van der Waals surface area contributed by atoms with E-state index in [4.69, 9.17) is 4.42 Å². The summed E-state index contributed by atoms with van der Waals surface area (Å²) in [5, 5.41) is 7.63. The molecule has 0 radical (unpaired) electrons. The van der Waals surface area contributed by atoms with Gasteiger partial charge in [0.05, 0.1) is 12.8 Å². The second-order valence-electron chi connectivity index (χ2n) is 9.38. The molecular weight excluding hydrogens is 440 g/mol. The Labute approximate surface area is 204 Å². The minimum Gasteiger partial charge on any atom is -0.463 e. The standard InChI is InChI=1S/C28H28N4O3/c1-19(2)21-11-13-22(14-12-21)32-26(33)24-16-23(25-10-7-15-35-25)30-31(24)18-28(32,3)27(34)29-17-20-8-5-4-6-9-20/h4-16,19H,17-18H2,1-3H3,(H,29,34)/t28-/m1/s1. The van der Waals surface area contributed by atoms with E-state index in [0.29, 0.717) is 35.3 Å². The molecule has 0 saturated carbocycles. The molecule has 178 valence electrons. The molecule has 0 unspecified atom stereocenters. The van der Waals surface area contributed by atoms with Crippen molar-refractivity contribution in [3.05, 3.63) is 95.9 Å². The first-order chi connectivity index (χ1) is 16.9. The molecule has 5 rings (SSSR count). The van der Waals surface area contributed by atoms with Crippen molar-refractivity contribution >= 4 is 17.5 Å². The lowest BCUT2D eigenvalue weighted by Gasteiger charge is -2.43. The zero-order chi connectivity index (χ0) is 24.6. The Balaban J connectivity index is 1.54. The molecule has 35 heavy (non-hydrogen) atoms. The summed E-state index contributed by atoms with van der Waals surface area (Å²) in [6.07, 6.45) is 1.57. The van der Waals surface area contributed by atoms with E-state index in [1.54, 1.807) is 41.0 Å². The smallest absolute Gasteiger partial charge is 0.277 e. The molecule has 0 bridgehead atoms. The van der Waals surface area contributed by atoms with Crippen molar-refractivity contribution in [2.75, 3.05) is 4.90 Å². The van der Waals surface area contributed by atoms with Crippen LogP contribution in [-0.4, -0.2) is 27.1 Å². The molecule has 2 aromatic carbocycles. The lowest BCUT2D eigenvalue weighted by molar-refractivity contribution is -0.126. The summed E-state index contributed by atoms with van der Waals surface area (Å²) in [5.41, 5.74) is 2.60. The Hall–Kier alpha value is -4.13. The molecule has 0 fully saturated rings. The van der Waals surface area contributed by atoms with E-state index in [9.17, 15) is 9.59 Å². The minimum absolute atomic E-state index is 0.210. The number of carbonyl (C=O) groups excluding carboxylic acids is 2. The van der Waals surface area contributed by atoms with E-state index < -0.39 is 5.54 Å². The van der Waals surface area contributed by atoms with E-state index in [-0.39, 0.29) is 18.4 Å². The summed E-state index contributed by atoms with van der Waals surface area (Å²) in [4.78, 5) is 29.1. The maximum atomic E-state index is 13.9. The summed E-state index contributed by atoms with van der Waals surface area (Å²) in [7, 11) is 0. The topological polar surface area (TPSA) is 80.4 Å². The summed E-state index contributed by atoms with van der Waals surface area (Å²) in [6.45, 7) is 6.61. The molecule has 1 aliphatic heterocycles. The van der Waals surface area contributed by atoms with Crippen LogP contribution in [0.1, 0.15) is 48.3 Å². The fourth-order valence-corrected chi connectivity index (χ4v) is 4.51. The second kappa shape index (κ2) is 8.91. The molecule has 1 atom stereocenters. The average molecular weight is 469 g/mol. The van der Waals surface area contributed by atoms with E-state index in [1.165, 1.54) is 5.56 Å². The average Bonchev–Trinajstić information content (AvgIpc) is 3.54. The van der Waals surface area contributed by atoms with Crippen LogP contribution in [0.15, 0.2) is 83.5 Å². The molecule has 0 aliphatic carbocycles. The predicted molar refractivity (Wildman–Crippen MR) is 134 cm³/mol. The van der Waals surface area contributed by atoms with E-state index in [1.807, 2.05) is 54.6 Å². The van der Waals surface area contributed by atoms with Gasteiger partial charge < -0.3 is 9.73 Å². The Morgan fingerprint density at radius 1 is 1.09 bits per heavy atom. The van der Waals surface area contributed by atoms with Gasteiger partial charge in [-0.05, 0) is 48.2 Å². The Morgan fingerprint density at radius 3 is 2.49 bits per heavy atom. The summed E-state index contributed by atoms with van der Waals surface area (Å²) in [5.74, 6) is 0.404. The van der Waals surface area contributed by atoms with Gasteiger partial charge in [0.2, 0.25) is 5.91 Å². The largest absolute Gasteiger partial charge is 0.463 e. The van der Waals surface area contributed by atoms with Gasteiger partial charge in [-0.3, -0.25) is 19.2 Å². The number of amides is 2. The molecule has 0 spiro atoms. The first kappa shape index (κ1) is 22.7. The van der Waals surface area contributed by atoms with Gasteiger partial charge in [-0.15, -0.1) is 0 Å². The number of nitrogens with one attached hydrogen (secondary N) is 1. The van der Waals surface area contributed by atoms with Crippen LogP contribution >= 0.6 is 0 Å². The normalized spacial score (nSPS) is 17.5. The summed E-state index contributed by atoms with van der Waals surface area (Å²) < 4.78 is 7.10. The highest BCUT2D eigenvalue weighted by atomic mass is 16.3. The molecule has 4 aromatic rings. The van der Waals surface area contributed by atoms with Crippen LogP contribution in [0.3, 0.4) is 0 Å². The summed E-state index contributed by atoms with van der Waals surface area (Å²) in [6, 6.07) is 22.9. The molecule has 1 aliphatic rings. The molecule has 2 aromatic heterocycles. The van der Waals surface area contributed by atoms with Gasteiger partial charge >= 0.3 is 0 Å². The van der Waals surface area contributed by atoms with Crippen molar-refractivity contribution in [1.29, 1.82) is 0 Å². The Kier molecular flexibility index (Phi) is 5.76. The number of furan rings is 1. The number of hydrogen-bond acceptors (Lipinski definition) is 4. The first-order valence-corrected chi connectivity index (χ1v) is 11.8. The van der Waals surface area contributed by atoms with Crippen LogP contribution in [0.2, 0.25) is 0 Å². The highest BCUT2D eigenvalue weighted by Crippen LogP contribution is 2.35. The van der Waals surface area contributed by atoms with Gasteiger partial charge in [-0.25, -0.2) is 0 Å². The van der Waals surface area contributed by atoms with Crippen molar-refractivity contribution in [1.82, 2.24) is 15.1 Å². The second-order valence-corrected chi connectivity index (χ2v) is 9.38. The van der Waals surface area contributed by atoms with Crippen molar-refractivity contribution in [3.63, 3.8) is 0 Å². The highest BCUT2D eigenvalue weighted by Gasteiger charge is 2.49. The molecule has 1 N–H and O–H groups in total. The van der Waals surface area contributed by atoms with Gasteiger partial charge in [0.1, 0.15) is 16.9 Å². The number of carbonyl (C=O) groups is 2. The number of hydrogen-bond donors (Lipinski definition) is 1. The SMILES string of the molecule is CC(C)c1ccc(N2C(=O)c3cc(-c4ccco4)nn3C[C@]2(C)C(=O)NCc2ccccc2)cc1. The lowest BCUT2D eigenvalue weighted by atomic mass is 9.93. The van der Waals surface area contributed by atoms with Crippen molar-refractivity contribution in [2.24, 2.45) is 0 Å².